The van der Waals surface area contributed by atoms with Crippen molar-refractivity contribution < 1.29 is 4.79 Å². The molecule has 6 heteroatoms. The number of halogens is 1. The molecule has 1 fully saturated rings. The molecule has 2 heterocycles. The minimum absolute atomic E-state index is 0.101. The summed E-state index contributed by atoms with van der Waals surface area (Å²) in [6.45, 7) is 2.10. The number of aromatic nitrogens is 2. The van der Waals surface area contributed by atoms with Crippen LogP contribution in [0.4, 0.5) is 11.5 Å². The van der Waals surface area contributed by atoms with Crippen LogP contribution in [0.15, 0.2) is 60.7 Å². The van der Waals surface area contributed by atoms with E-state index in [1.807, 2.05) is 54.6 Å². The van der Waals surface area contributed by atoms with Gasteiger partial charge in [0, 0.05) is 29.4 Å². The number of nitrogens with zero attached hydrogens (tertiary/aromatic N) is 3. The molecule has 1 aliphatic heterocycles. The van der Waals surface area contributed by atoms with Gasteiger partial charge < -0.3 is 10.2 Å². The molecule has 1 saturated heterocycles. The molecule has 1 N–H and O–H groups in total. The molecule has 0 unspecified atom stereocenters. The Morgan fingerprint density at radius 1 is 0.964 bits per heavy atom. The maximum Gasteiger partial charge on any atom is 0.228 e. The van der Waals surface area contributed by atoms with Gasteiger partial charge in [0.1, 0.15) is 0 Å². The summed E-state index contributed by atoms with van der Waals surface area (Å²) in [5.74, 6) is 0.834. The van der Waals surface area contributed by atoms with E-state index < -0.39 is 0 Å². The van der Waals surface area contributed by atoms with E-state index in [9.17, 15) is 4.79 Å². The normalized spacial score (nSPS) is 13.5. The quantitative estimate of drug-likeness (QED) is 0.690. The number of amides is 1. The Balaban J connectivity index is 1.39. The van der Waals surface area contributed by atoms with Gasteiger partial charge in [0.05, 0.1) is 12.1 Å². The highest BCUT2D eigenvalue weighted by Gasteiger charge is 2.14. The van der Waals surface area contributed by atoms with Gasteiger partial charge in [-0.25, -0.2) is 0 Å². The largest absolute Gasteiger partial charge is 0.355 e. The molecule has 1 aliphatic rings. The minimum atomic E-state index is -0.101. The van der Waals surface area contributed by atoms with E-state index >= 15 is 0 Å². The molecule has 28 heavy (non-hydrogen) atoms. The lowest BCUT2D eigenvalue weighted by Crippen LogP contribution is -2.19. The lowest BCUT2D eigenvalue weighted by Gasteiger charge is -2.15. The maximum atomic E-state index is 12.3. The van der Waals surface area contributed by atoms with E-state index in [-0.39, 0.29) is 12.3 Å². The highest BCUT2D eigenvalue weighted by atomic mass is 35.5. The molecule has 0 radical (unpaired) electrons. The smallest absolute Gasteiger partial charge is 0.228 e. The predicted molar refractivity (Wildman–Crippen MR) is 113 cm³/mol. The van der Waals surface area contributed by atoms with Gasteiger partial charge >= 0.3 is 0 Å². The van der Waals surface area contributed by atoms with Crippen molar-refractivity contribution in [3.8, 4) is 11.3 Å². The van der Waals surface area contributed by atoms with Crippen LogP contribution in [0.25, 0.3) is 11.3 Å². The van der Waals surface area contributed by atoms with Crippen LogP contribution in [0.3, 0.4) is 0 Å². The lowest BCUT2D eigenvalue weighted by atomic mass is 10.1. The third-order valence-corrected chi connectivity index (χ3v) is 5.22. The first-order chi connectivity index (χ1) is 13.7. The van der Waals surface area contributed by atoms with Gasteiger partial charge in [-0.05, 0) is 48.7 Å². The molecule has 0 atom stereocenters. The van der Waals surface area contributed by atoms with Gasteiger partial charge in [0.15, 0.2) is 5.82 Å². The number of carbonyl (C=O) groups is 1. The van der Waals surface area contributed by atoms with Crippen molar-refractivity contribution >= 4 is 29.0 Å². The molecule has 2 aromatic carbocycles. The van der Waals surface area contributed by atoms with Crippen molar-refractivity contribution in [3.63, 3.8) is 0 Å². The van der Waals surface area contributed by atoms with Crippen LogP contribution in [0.1, 0.15) is 18.4 Å². The molecule has 3 aromatic rings. The fourth-order valence-corrected chi connectivity index (χ4v) is 3.54. The standard InChI is InChI=1S/C22H21ClN4O/c23-19-6-2-1-5-17(19)15-22(28)24-18-9-7-16(8-10-18)20-11-12-21(26-25-20)27-13-3-4-14-27/h1-2,5-12H,3-4,13-15H2,(H,24,28). The number of hydrogen-bond donors (Lipinski definition) is 1. The Labute approximate surface area is 169 Å². The van der Waals surface area contributed by atoms with Crippen LogP contribution in [0, 0.1) is 0 Å². The number of carbonyl (C=O) groups excluding carboxylic acids is 1. The number of nitrogens with one attached hydrogen (secondary N) is 1. The number of anilines is 2. The molecular weight excluding hydrogens is 372 g/mol. The summed E-state index contributed by atoms with van der Waals surface area (Å²) in [5.41, 5.74) is 3.33. The number of hydrogen-bond acceptors (Lipinski definition) is 4. The molecule has 1 aromatic heterocycles. The SMILES string of the molecule is O=C(Cc1ccccc1Cl)Nc1ccc(-c2ccc(N3CCCC3)nn2)cc1. The monoisotopic (exact) mass is 392 g/mol. The van der Waals surface area contributed by atoms with Gasteiger partial charge in [0.2, 0.25) is 5.91 Å². The summed E-state index contributed by atoms with van der Waals surface area (Å²) >= 11 is 6.12. The zero-order valence-corrected chi connectivity index (χ0v) is 16.2. The zero-order chi connectivity index (χ0) is 19.3. The highest BCUT2D eigenvalue weighted by Crippen LogP contribution is 2.23. The van der Waals surface area contributed by atoms with Crippen LogP contribution in [0.5, 0.6) is 0 Å². The average Bonchev–Trinajstić information content (AvgIpc) is 3.25. The van der Waals surface area contributed by atoms with Crippen LogP contribution in [-0.4, -0.2) is 29.2 Å². The molecule has 1 amide bonds. The van der Waals surface area contributed by atoms with Gasteiger partial charge in [-0.15, -0.1) is 10.2 Å². The van der Waals surface area contributed by atoms with E-state index in [1.165, 1.54) is 12.8 Å². The van der Waals surface area contributed by atoms with Crippen molar-refractivity contribution in [3.05, 3.63) is 71.2 Å². The molecule has 4 rings (SSSR count). The van der Waals surface area contributed by atoms with Gasteiger partial charge in [0.25, 0.3) is 0 Å². The van der Waals surface area contributed by atoms with Crippen molar-refractivity contribution in [1.82, 2.24) is 10.2 Å². The fraction of sp³-hybridized carbons (Fsp3) is 0.227. The first-order valence-electron chi connectivity index (χ1n) is 9.41. The Morgan fingerprint density at radius 2 is 1.71 bits per heavy atom. The maximum absolute atomic E-state index is 12.3. The molecule has 0 saturated carbocycles. The Morgan fingerprint density at radius 3 is 2.39 bits per heavy atom. The number of rotatable bonds is 5. The van der Waals surface area contributed by atoms with E-state index in [2.05, 4.69) is 20.4 Å². The van der Waals surface area contributed by atoms with Gasteiger partial charge in [-0.2, -0.15) is 0 Å². The minimum Gasteiger partial charge on any atom is -0.355 e. The molecule has 5 nitrogen and oxygen atoms in total. The third-order valence-electron chi connectivity index (χ3n) is 4.85. The molecule has 0 aliphatic carbocycles. The summed E-state index contributed by atoms with van der Waals surface area (Å²) in [7, 11) is 0. The molecule has 142 valence electrons. The molecular formula is C22H21ClN4O. The second-order valence-corrected chi connectivity index (χ2v) is 7.27. The van der Waals surface area contributed by atoms with E-state index in [0.717, 1.165) is 41.4 Å². The van der Waals surface area contributed by atoms with Crippen LogP contribution < -0.4 is 10.2 Å². The van der Waals surface area contributed by atoms with Gasteiger partial charge in [-0.1, -0.05) is 41.9 Å². The highest BCUT2D eigenvalue weighted by molar-refractivity contribution is 6.31. The second kappa shape index (κ2) is 8.40. The summed E-state index contributed by atoms with van der Waals surface area (Å²) in [6.07, 6.45) is 2.67. The van der Waals surface area contributed by atoms with Crippen molar-refractivity contribution in [2.45, 2.75) is 19.3 Å². The number of benzene rings is 2. The Hall–Kier alpha value is -2.92. The van der Waals surface area contributed by atoms with Gasteiger partial charge in [-0.3, -0.25) is 4.79 Å². The predicted octanol–water partition coefficient (Wildman–Crippen LogP) is 4.58. The average molecular weight is 393 g/mol. The first kappa shape index (κ1) is 18.4. The lowest BCUT2D eigenvalue weighted by molar-refractivity contribution is -0.115. The molecule has 0 spiro atoms. The van der Waals surface area contributed by atoms with E-state index in [4.69, 9.17) is 11.6 Å². The summed E-state index contributed by atoms with van der Waals surface area (Å²) in [6, 6.07) is 19.0. The Bertz CT molecular complexity index is 951. The van der Waals surface area contributed by atoms with Crippen molar-refractivity contribution in [2.24, 2.45) is 0 Å². The van der Waals surface area contributed by atoms with E-state index in [0.29, 0.717) is 5.02 Å². The summed E-state index contributed by atoms with van der Waals surface area (Å²) in [4.78, 5) is 14.5. The Kier molecular flexibility index (Phi) is 5.53. The zero-order valence-electron chi connectivity index (χ0n) is 15.4. The van der Waals surface area contributed by atoms with E-state index in [1.54, 1.807) is 6.07 Å². The van der Waals surface area contributed by atoms with Crippen LogP contribution >= 0.6 is 11.6 Å². The van der Waals surface area contributed by atoms with Crippen molar-refractivity contribution in [2.75, 3.05) is 23.3 Å². The fourth-order valence-electron chi connectivity index (χ4n) is 3.34. The topological polar surface area (TPSA) is 58.1 Å². The summed E-state index contributed by atoms with van der Waals surface area (Å²) < 4.78 is 0. The molecule has 0 bridgehead atoms. The third kappa shape index (κ3) is 4.31. The summed E-state index contributed by atoms with van der Waals surface area (Å²) in [5, 5.41) is 12.2. The second-order valence-electron chi connectivity index (χ2n) is 6.86. The first-order valence-corrected chi connectivity index (χ1v) is 9.79. The van der Waals surface area contributed by atoms with Crippen LogP contribution in [0.2, 0.25) is 5.02 Å². The van der Waals surface area contributed by atoms with Crippen molar-refractivity contribution in [1.29, 1.82) is 0 Å². The van der Waals surface area contributed by atoms with Crippen LogP contribution in [-0.2, 0) is 11.2 Å².